The quantitative estimate of drug-likeness (QED) is 0.635. The molecule has 0 heterocycles. The van der Waals surface area contributed by atoms with Crippen LogP contribution < -0.4 is 0 Å². The Bertz CT molecular complexity index is 49.3. The highest BCUT2D eigenvalue weighted by Crippen LogP contribution is 1.85. The van der Waals surface area contributed by atoms with Crippen molar-refractivity contribution < 1.29 is 0 Å². The van der Waals surface area contributed by atoms with Crippen molar-refractivity contribution in [3.63, 3.8) is 0 Å². The summed E-state index contributed by atoms with van der Waals surface area (Å²) in [5.74, 6) is 1.40. The van der Waals surface area contributed by atoms with Gasteiger partial charge in [0.2, 0.25) is 0 Å². The van der Waals surface area contributed by atoms with Crippen LogP contribution >= 0.6 is 0 Å². The maximum absolute atomic E-state index is 2.28. The van der Waals surface area contributed by atoms with E-state index in [0.29, 0.717) is 21.8 Å². The van der Waals surface area contributed by atoms with Crippen molar-refractivity contribution in [3.8, 4) is 0 Å². The summed E-state index contributed by atoms with van der Waals surface area (Å²) in [5, 5.41) is 0. The third-order valence-corrected chi connectivity index (χ3v) is 1.84. The maximum Gasteiger partial charge on any atom is 0.107 e. The Balaban J connectivity index is -0.0000000279. The van der Waals surface area contributed by atoms with Gasteiger partial charge < -0.3 is 0 Å². The Morgan fingerprint density at radius 3 is 1.00 bits per heavy atom. The van der Waals surface area contributed by atoms with Gasteiger partial charge in [-0.2, -0.15) is 0 Å². The summed E-state index contributed by atoms with van der Waals surface area (Å²) in [5.41, 5.74) is 0. The molecular weight excluding hydrogens is 196 g/mol. The second kappa shape index (κ2) is 23.0. The van der Waals surface area contributed by atoms with E-state index in [1.165, 1.54) is 12.2 Å². The summed E-state index contributed by atoms with van der Waals surface area (Å²) in [7, 11) is 1.32. The average Bonchev–Trinajstić information content (AvgIpc) is 1.62. The van der Waals surface area contributed by atoms with Crippen LogP contribution in [0, 0.1) is 0 Å². The minimum atomic E-state index is 0. The van der Waals surface area contributed by atoms with Crippen LogP contribution in [0.15, 0.2) is 0 Å². The molecule has 0 bridgehead atoms. The highest BCUT2D eigenvalue weighted by molar-refractivity contribution is 7.95. The van der Waals surface area contributed by atoms with Gasteiger partial charge in [0.15, 0.2) is 0 Å². The lowest BCUT2D eigenvalue weighted by molar-refractivity contribution is 1.10. The first kappa shape index (κ1) is 29.2. The van der Waals surface area contributed by atoms with E-state index in [4.69, 9.17) is 0 Å². The Labute approximate surface area is 94.6 Å². The summed E-state index contributed by atoms with van der Waals surface area (Å²) in [6, 6.07) is 0. The lowest BCUT2D eigenvalue weighted by Gasteiger charge is -1.87. The Hall–Kier alpha value is 0.700. The molecule has 0 aliphatic heterocycles. The van der Waals surface area contributed by atoms with Gasteiger partial charge >= 0.3 is 0 Å². The molecular formula is C11H34S2+2. The van der Waals surface area contributed by atoms with E-state index in [9.17, 15) is 0 Å². The summed E-state index contributed by atoms with van der Waals surface area (Å²) in [4.78, 5) is 0. The Kier molecular flexibility index (Phi) is 51.6. The van der Waals surface area contributed by atoms with Crippen LogP contribution in [-0.2, 0) is 21.8 Å². The fourth-order valence-electron chi connectivity index (χ4n) is 0.408. The van der Waals surface area contributed by atoms with Gasteiger partial charge in [-0.15, -0.1) is 0 Å². The van der Waals surface area contributed by atoms with E-state index >= 15 is 0 Å². The molecule has 0 spiro atoms. The summed E-state index contributed by atoms with van der Waals surface area (Å²) in [6.45, 7) is 2.23. The van der Waals surface area contributed by atoms with Crippen molar-refractivity contribution >= 4 is 21.8 Å². The van der Waals surface area contributed by atoms with Crippen LogP contribution in [0.25, 0.3) is 0 Å². The highest BCUT2D eigenvalue weighted by Gasteiger charge is 1.94. The third-order valence-electron chi connectivity index (χ3n) is 0.612. The van der Waals surface area contributed by atoms with Crippen molar-refractivity contribution in [2.45, 2.75) is 35.6 Å². The van der Waals surface area contributed by atoms with Gasteiger partial charge in [-0.3, -0.25) is 0 Å². The van der Waals surface area contributed by atoms with Gasteiger partial charge in [0.25, 0.3) is 0 Å². The van der Waals surface area contributed by atoms with Crippen LogP contribution in [0.1, 0.15) is 35.6 Å². The normalized spacial score (nSPS) is 7.38. The molecule has 0 amide bonds. The first-order chi connectivity index (χ1) is 4.50. The molecule has 0 radical (unpaired) electrons. The van der Waals surface area contributed by atoms with Crippen LogP contribution in [0.2, 0.25) is 0 Å². The molecule has 0 N–H and O–H groups in total. The molecule has 0 aromatic rings. The summed E-state index contributed by atoms with van der Waals surface area (Å²) in [6.07, 6.45) is 12.5. The largest absolute Gasteiger partial charge is 0.107 e. The van der Waals surface area contributed by atoms with Gasteiger partial charge in [-0.05, 0) is 28.2 Å². The standard InChI is InChI=1S/C5H13S.C3H9S.3CH4/c1-4-5-6(2)3;1-4(2)3;;;/h4-5H2,1-3H3;1-3H3;3*1H4/q2*+1;;;. The molecule has 0 nitrogen and oxygen atoms in total. The molecule has 0 saturated carbocycles. The summed E-state index contributed by atoms with van der Waals surface area (Å²) >= 11 is 0. The van der Waals surface area contributed by atoms with Gasteiger partial charge in [-0.25, -0.2) is 0 Å². The second-order valence-corrected chi connectivity index (χ2v) is 7.74. The van der Waals surface area contributed by atoms with E-state index in [2.05, 4.69) is 38.2 Å². The van der Waals surface area contributed by atoms with Crippen molar-refractivity contribution in [2.24, 2.45) is 0 Å². The lowest BCUT2D eigenvalue weighted by atomic mass is 10.6. The first-order valence-electron chi connectivity index (χ1n) is 3.54. The van der Waals surface area contributed by atoms with Gasteiger partial charge in [0, 0.05) is 0 Å². The van der Waals surface area contributed by atoms with Crippen LogP contribution in [0.4, 0.5) is 0 Å². The maximum atomic E-state index is 2.28. The molecule has 0 saturated heterocycles. The molecule has 0 aromatic carbocycles. The molecule has 0 aromatic heterocycles. The van der Waals surface area contributed by atoms with Crippen LogP contribution in [0.5, 0.6) is 0 Å². The first-order valence-corrected chi connectivity index (χ1v) is 8.20. The molecule has 0 fully saturated rings. The number of rotatable bonds is 2. The van der Waals surface area contributed by atoms with E-state index in [1.807, 2.05) is 0 Å². The van der Waals surface area contributed by atoms with Gasteiger partial charge in [0.1, 0.15) is 5.75 Å². The fraction of sp³-hybridized carbons (Fsp3) is 1.00. The third kappa shape index (κ3) is 106. The number of hydrogen-bond acceptors (Lipinski definition) is 0. The Morgan fingerprint density at radius 1 is 0.769 bits per heavy atom. The minimum absolute atomic E-state index is 0. The molecule has 0 rings (SSSR count). The zero-order valence-corrected chi connectivity index (χ0v) is 9.86. The van der Waals surface area contributed by atoms with E-state index < -0.39 is 0 Å². The van der Waals surface area contributed by atoms with Crippen molar-refractivity contribution in [3.05, 3.63) is 0 Å². The molecule has 0 unspecified atom stereocenters. The predicted octanol–water partition coefficient (Wildman–Crippen LogP) is 3.68. The molecule has 2 heteroatoms. The molecule has 0 atom stereocenters. The van der Waals surface area contributed by atoms with E-state index in [1.54, 1.807) is 0 Å². The molecule has 88 valence electrons. The monoisotopic (exact) mass is 230 g/mol. The molecule has 0 aliphatic rings. The van der Waals surface area contributed by atoms with E-state index in [-0.39, 0.29) is 22.3 Å². The van der Waals surface area contributed by atoms with Crippen molar-refractivity contribution in [1.29, 1.82) is 0 Å². The van der Waals surface area contributed by atoms with Crippen molar-refractivity contribution in [1.82, 2.24) is 0 Å². The highest BCUT2D eigenvalue weighted by atomic mass is 32.2. The smallest absolute Gasteiger partial charge is 0.0776 e. The van der Waals surface area contributed by atoms with Gasteiger partial charge in [-0.1, -0.05) is 29.2 Å². The van der Waals surface area contributed by atoms with Crippen molar-refractivity contribution in [2.75, 3.05) is 37.0 Å². The Morgan fingerprint density at radius 2 is 1.00 bits per heavy atom. The summed E-state index contributed by atoms with van der Waals surface area (Å²) < 4.78 is 0. The SMILES string of the molecule is C.C.C.CCC[S+](C)C.C[S+](C)C. The van der Waals surface area contributed by atoms with Gasteiger partial charge in [0.05, 0.1) is 31.3 Å². The molecule has 13 heavy (non-hydrogen) atoms. The minimum Gasteiger partial charge on any atom is -0.0776 e. The van der Waals surface area contributed by atoms with Crippen LogP contribution in [0.3, 0.4) is 0 Å². The predicted molar refractivity (Wildman–Crippen MR) is 79.7 cm³/mol. The number of hydrogen-bond donors (Lipinski definition) is 0. The second-order valence-electron chi connectivity index (χ2n) is 2.91. The lowest BCUT2D eigenvalue weighted by Crippen LogP contribution is -1.98. The molecule has 0 aliphatic carbocycles. The topological polar surface area (TPSA) is 0 Å². The zero-order chi connectivity index (χ0) is 8.57. The van der Waals surface area contributed by atoms with E-state index in [0.717, 1.165) is 0 Å². The zero-order valence-electron chi connectivity index (χ0n) is 8.23. The van der Waals surface area contributed by atoms with Crippen LogP contribution in [-0.4, -0.2) is 37.0 Å². The average molecular weight is 231 g/mol. The fourth-order valence-corrected chi connectivity index (χ4v) is 1.22.